The SMILES string of the molecule is CCN(CC1(N)C2CCCOC2C1(C)C)C1CCCC1. The Morgan fingerprint density at radius 1 is 1.15 bits per heavy atom. The quantitative estimate of drug-likeness (QED) is 0.860. The Morgan fingerprint density at radius 2 is 1.85 bits per heavy atom. The smallest absolute Gasteiger partial charge is 0.0690 e. The molecule has 2 N–H and O–H groups in total. The van der Waals surface area contributed by atoms with Crippen molar-refractivity contribution in [2.45, 2.75) is 77.0 Å². The van der Waals surface area contributed by atoms with E-state index in [1.165, 1.54) is 38.5 Å². The molecule has 0 aromatic carbocycles. The second-order valence-electron chi connectivity index (χ2n) is 7.80. The lowest BCUT2D eigenvalue weighted by Gasteiger charge is -2.67. The van der Waals surface area contributed by atoms with E-state index in [9.17, 15) is 0 Å². The first kappa shape index (κ1) is 14.8. The highest BCUT2D eigenvalue weighted by Crippen LogP contribution is 2.57. The van der Waals surface area contributed by atoms with Crippen molar-refractivity contribution in [1.82, 2.24) is 4.90 Å². The van der Waals surface area contributed by atoms with Crippen molar-refractivity contribution in [3.63, 3.8) is 0 Å². The number of nitrogens with zero attached hydrogens (tertiary/aromatic N) is 1. The average Bonchev–Trinajstić information content (AvgIpc) is 2.98. The van der Waals surface area contributed by atoms with Gasteiger partial charge in [0.1, 0.15) is 0 Å². The van der Waals surface area contributed by atoms with E-state index in [0.717, 1.165) is 25.7 Å². The van der Waals surface area contributed by atoms with Crippen LogP contribution in [0.5, 0.6) is 0 Å². The molecule has 3 aliphatic rings. The van der Waals surface area contributed by atoms with Crippen molar-refractivity contribution in [3.05, 3.63) is 0 Å². The van der Waals surface area contributed by atoms with Crippen molar-refractivity contribution >= 4 is 0 Å². The van der Waals surface area contributed by atoms with Crippen LogP contribution >= 0.6 is 0 Å². The summed E-state index contributed by atoms with van der Waals surface area (Å²) in [6, 6.07) is 0.778. The van der Waals surface area contributed by atoms with Gasteiger partial charge in [0, 0.05) is 36.1 Å². The van der Waals surface area contributed by atoms with Gasteiger partial charge in [-0.3, -0.25) is 4.90 Å². The largest absolute Gasteiger partial charge is 0.377 e. The first-order valence-corrected chi connectivity index (χ1v) is 8.65. The topological polar surface area (TPSA) is 38.5 Å². The Bertz CT molecular complexity index is 351. The molecule has 3 fully saturated rings. The molecule has 3 unspecified atom stereocenters. The highest BCUT2D eigenvalue weighted by atomic mass is 16.5. The van der Waals surface area contributed by atoms with Gasteiger partial charge in [0.05, 0.1) is 6.10 Å². The minimum atomic E-state index is -0.0588. The van der Waals surface area contributed by atoms with Gasteiger partial charge < -0.3 is 10.5 Å². The fourth-order valence-corrected chi connectivity index (χ4v) is 5.09. The van der Waals surface area contributed by atoms with E-state index in [1.807, 2.05) is 0 Å². The van der Waals surface area contributed by atoms with Gasteiger partial charge in [-0.1, -0.05) is 33.6 Å². The van der Waals surface area contributed by atoms with Gasteiger partial charge in [0.15, 0.2) is 0 Å². The van der Waals surface area contributed by atoms with Gasteiger partial charge in [-0.2, -0.15) is 0 Å². The van der Waals surface area contributed by atoms with E-state index in [0.29, 0.717) is 12.0 Å². The van der Waals surface area contributed by atoms with Crippen LogP contribution in [-0.2, 0) is 4.74 Å². The molecule has 0 amide bonds. The van der Waals surface area contributed by atoms with Crippen LogP contribution in [0.3, 0.4) is 0 Å². The lowest BCUT2D eigenvalue weighted by Crippen LogP contribution is -2.80. The predicted octanol–water partition coefficient (Wildman–Crippen LogP) is 2.78. The zero-order chi connectivity index (χ0) is 14.4. The minimum Gasteiger partial charge on any atom is -0.377 e. The van der Waals surface area contributed by atoms with Crippen molar-refractivity contribution in [2.75, 3.05) is 19.7 Å². The van der Waals surface area contributed by atoms with E-state index in [4.69, 9.17) is 10.5 Å². The summed E-state index contributed by atoms with van der Waals surface area (Å²) < 4.78 is 6.03. The Morgan fingerprint density at radius 3 is 2.50 bits per heavy atom. The van der Waals surface area contributed by atoms with Gasteiger partial charge in [-0.15, -0.1) is 0 Å². The van der Waals surface area contributed by atoms with E-state index in [-0.39, 0.29) is 11.0 Å². The molecule has 0 radical (unpaired) electrons. The van der Waals surface area contributed by atoms with Crippen LogP contribution in [0.1, 0.15) is 59.3 Å². The van der Waals surface area contributed by atoms with Crippen LogP contribution < -0.4 is 5.73 Å². The molecule has 0 aromatic rings. The Hall–Kier alpha value is -0.120. The number of hydrogen-bond donors (Lipinski definition) is 1. The lowest BCUT2D eigenvalue weighted by molar-refractivity contribution is -0.233. The molecule has 3 rings (SSSR count). The van der Waals surface area contributed by atoms with Crippen LogP contribution in [-0.4, -0.2) is 42.3 Å². The summed E-state index contributed by atoms with van der Waals surface area (Å²) >= 11 is 0. The molecule has 20 heavy (non-hydrogen) atoms. The van der Waals surface area contributed by atoms with Crippen LogP contribution in [0.25, 0.3) is 0 Å². The van der Waals surface area contributed by atoms with Gasteiger partial charge in [-0.05, 0) is 32.2 Å². The van der Waals surface area contributed by atoms with E-state index < -0.39 is 0 Å². The first-order chi connectivity index (χ1) is 9.50. The molecule has 116 valence electrons. The van der Waals surface area contributed by atoms with Gasteiger partial charge in [0.2, 0.25) is 0 Å². The summed E-state index contributed by atoms with van der Waals surface area (Å²) in [5.74, 6) is 0.571. The number of likely N-dealkylation sites (N-methyl/N-ethyl adjacent to an activating group) is 1. The molecule has 1 saturated heterocycles. The third-order valence-corrected chi connectivity index (χ3v) is 6.61. The zero-order valence-corrected chi connectivity index (χ0v) is 13.5. The lowest BCUT2D eigenvalue weighted by atomic mass is 9.46. The van der Waals surface area contributed by atoms with E-state index in [1.54, 1.807) is 0 Å². The molecule has 0 spiro atoms. The average molecular weight is 280 g/mol. The second-order valence-corrected chi connectivity index (χ2v) is 7.80. The maximum absolute atomic E-state index is 6.96. The van der Waals surface area contributed by atoms with Crippen LogP contribution in [0, 0.1) is 11.3 Å². The standard InChI is InChI=1S/C17H32N2O/c1-4-19(13-8-5-6-9-13)12-17(18)14-10-7-11-20-15(14)16(17,2)3/h13-15H,4-12,18H2,1-3H3. The maximum Gasteiger partial charge on any atom is 0.0690 e. The number of nitrogens with two attached hydrogens (primary N) is 1. The van der Waals surface area contributed by atoms with Crippen molar-refractivity contribution < 1.29 is 4.74 Å². The summed E-state index contributed by atoms with van der Waals surface area (Å²) in [6.07, 6.45) is 8.38. The molecule has 0 bridgehead atoms. The monoisotopic (exact) mass is 280 g/mol. The van der Waals surface area contributed by atoms with Crippen LogP contribution in [0.2, 0.25) is 0 Å². The highest BCUT2D eigenvalue weighted by molar-refractivity contribution is 5.21. The molecule has 3 heteroatoms. The molecular formula is C17H32N2O. The first-order valence-electron chi connectivity index (χ1n) is 8.65. The summed E-state index contributed by atoms with van der Waals surface area (Å²) in [5.41, 5.74) is 7.01. The number of fused-ring (bicyclic) bond motifs is 1. The fourth-order valence-electron chi connectivity index (χ4n) is 5.09. The summed E-state index contributed by atoms with van der Waals surface area (Å²) in [5, 5.41) is 0. The summed E-state index contributed by atoms with van der Waals surface area (Å²) in [6.45, 7) is 10.1. The van der Waals surface area contributed by atoms with Gasteiger partial charge in [-0.25, -0.2) is 0 Å². The van der Waals surface area contributed by atoms with Crippen LogP contribution in [0.15, 0.2) is 0 Å². The van der Waals surface area contributed by atoms with Crippen molar-refractivity contribution in [2.24, 2.45) is 17.1 Å². The maximum atomic E-state index is 6.96. The summed E-state index contributed by atoms with van der Waals surface area (Å²) in [7, 11) is 0. The van der Waals surface area contributed by atoms with E-state index >= 15 is 0 Å². The van der Waals surface area contributed by atoms with Gasteiger partial charge >= 0.3 is 0 Å². The molecular weight excluding hydrogens is 248 g/mol. The minimum absolute atomic E-state index is 0.0588. The highest BCUT2D eigenvalue weighted by Gasteiger charge is 2.66. The van der Waals surface area contributed by atoms with Crippen molar-refractivity contribution in [3.8, 4) is 0 Å². The molecule has 2 aliphatic carbocycles. The number of rotatable bonds is 4. The van der Waals surface area contributed by atoms with Crippen molar-refractivity contribution in [1.29, 1.82) is 0 Å². The normalized spacial score (nSPS) is 40.6. The van der Waals surface area contributed by atoms with Gasteiger partial charge in [0.25, 0.3) is 0 Å². The Balaban J connectivity index is 1.73. The third-order valence-electron chi connectivity index (χ3n) is 6.61. The van der Waals surface area contributed by atoms with Crippen LogP contribution in [0.4, 0.5) is 0 Å². The fraction of sp³-hybridized carbons (Fsp3) is 1.00. The molecule has 2 saturated carbocycles. The second kappa shape index (κ2) is 5.26. The Kier molecular flexibility index (Phi) is 3.89. The predicted molar refractivity (Wildman–Crippen MR) is 82.7 cm³/mol. The molecule has 1 heterocycles. The molecule has 3 atom stereocenters. The number of hydrogen-bond acceptors (Lipinski definition) is 3. The number of ether oxygens (including phenoxy) is 1. The van der Waals surface area contributed by atoms with E-state index in [2.05, 4.69) is 25.7 Å². The molecule has 3 nitrogen and oxygen atoms in total. The Labute approximate surface area is 124 Å². The third kappa shape index (κ3) is 2.05. The molecule has 1 aliphatic heterocycles. The zero-order valence-electron chi connectivity index (χ0n) is 13.5. The molecule has 0 aromatic heterocycles. The summed E-state index contributed by atoms with van der Waals surface area (Å²) in [4.78, 5) is 2.67.